The monoisotopic (exact) mass is 384 g/mol. The van der Waals surface area contributed by atoms with Crippen LogP contribution >= 0.6 is 34.8 Å². The second-order valence-electron chi connectivity index (χ2n) is 5.54. The fourth-order valence-electron chi connectivity index (χ4n) is 2.65. The van der Waals surface area contributed by atoms with E-state index in [4.69, 9.17) is 39.5 Å². The third-order valence-electron chi connectivity index (χ3n) is 3.92. The van der Waals surface area contributed by atoms with Crippen LogP contribution in [0.2, 0.25) is 15.1 Å². The standard InChI is InChI=1S/C17H15Cl3N2O2/c18-11-1-2-14(19)13(9-11)17(23)22-7-4-12(5-8-22)24-16-3-6-21-10-15(16)20/h1-3,6,9-10,12H,4-5,7-8H2. The molecule has 2 heterocycles. The Bertz CT molecular complexity index is 746. The second-order valence-corrected chi connectivity index (χ2v) is 6.79. The Hall–Kier alpha value is -1.49. The maximum Gasteiger partial charge on any atom is 0.255 e. The Morgan fingerprint density at radius 3 is 2.58 bits per heavy atom. The summed E-state index contributed by atoms with van der Waals surface area (Å²) >= 11 is 18.1. The average molecular weight is 386 g/mol. The van der Waals surface area contributed by atoms with Gasteiger partial charge in [0, 0.05) is 49.4 Å². The van der Waals surface area contributed by atoms with Crippen LogP contribution in [-0.2, 0) is 0 Å². The number of aromatic nitrogens is 1. The van der Waals surface area contributed by atoms with Crippen molar-refractivity contribution in [3.8, 4) is 5.75 Å². The first kappa shape index (κ1) is 17.3. The molecule has 1 fully saturated rings. The highest BCUT2D eigenvalue weighted by molar-refractivity contribution is 6.35. The van der Waals surface area contributed by atoms with E-state index in [-0.39, 0.29) is 12.0 Å². The molecule has 126 valence electrons. The van der Waals surface area contributed by atoms with Crippen LogP contribution in [0.4, 0.5) is 0 Å². The molecule has 0 unspecified atom stereocenters. The first-order chi connectivity index (χ1) is 11.5. The molecule has 1 aliphatic heterocycles. The van der Waals surface area contributed by atoms with Crippen LogP contribution in [0, 0.1) is 0 Å². The van der Waals surface area contributed by atoms with Gasteiger partial charge in [0.15, 0.2) is 0 Å². The lowest BCUT2D eigenvalue weighted by Crippen LogP contribution is -2.41. The Balaban J connectivity index is 1.61. The number of carbonyl (C=O) groups excluding carboxylic acids is 1. The fraction of sp³-hybridized carbons (Fsp3) is 0.294. The van der Waals surface area contributed by atoms with E-state index in [1.54, 1.807) is 41.6 Å². The molecule has 0 N–H and O–H groups in total. The zero-order valence-electron chi connectivity index (χ0n) is 12.7. The van der Waals surface area contributed by atoms with Crippen molar-refractivity contribution in [3.05, 3.63) is 57.3 Å². The number of ether oxygens (including phenoxy) is 1. The molecular formula is C17H15Cl3N2O2. The number of halogens is 3. The third-order valence-corrected chi connectivity index (χ3v) is 4.77. The molecule has 4 nitrogen and oxygen atoms in total. The summed E-state index contributed by atoms with van der Waals surface area (Å²) in [5.41, 5.74) is 0.431. The van der Waals surface area contributed by atoms with E-state index in [1.165, 1.54) is 0 Å². The minimum absolute atomic E-state index is 0.0174. The van der Waals surface area contributed by atoms with Gasteiger partial charge in [-0.2, -0.15) is 0 Å². The summed E-state index contributed by atoms with van der Waals surface area (Å²) in [7, 11) is 0. The van der Waals surface area contributed by atoms with Gasteiger partial charge in [0.05, 0.1) is 10.6 Å². The van der Waals surface area contributed by atoms with E-state index in [9.17, 15) is 4.79 Å². The predicted molar refractivity (Wildman–Crippen MR) is 95.3 cm³/mol. The number of benzene rings is 1. The molecular weight excluding hydrogens is 371 g/mol. The van der Waals surface area contributed by atoms with Gasteiger partial charge in [-0.15, -0.1) is 0 Å². The number of rotatable bonds is 3. The topological polar surface area (TPSA) is 42.4 Å². The summed E-state index contributed by atoms with van der Waals surface area (Å²) in [5.74, 6) is 0.511. The van der Waals surface area contributed by atoms with Crippen LogP contribution in [0.3, 0.4) is 0 Å². The number of hydrogen-bond donors (Lipinski definition) is 0. The van der Waals surface area contributed by atoms with Crippen LogP contribution in [0.25, 0.3) is 0 Å². The minimum atomic E-state index is -0.108. The summed E-state index contributed by atoms with van der Waals surface area (Å²) in [6.07, 6.45) is 4.66. The van der Waals surface area contributed by atoms with Crippen molar-refractivity contribution >= 4 is 40.7 Å². The summed E-state index contributed by atoms with van der Waals surface area (Å²) in [5, 5.41) is 1.39. The van der Waals surface area contributed by atoms with Gasteiger partial charge in [-0.3, -0.25) is 9.78 Å². The van der Waals surface area contributed by atoms with Gasteiger partial charge in [-0.05, 0) is 18.2 Å². The Labute approximate surface area is 155 Å². The Kier molecular flexibility index (Phi) is 5.49. The number of nitrogens with zero attached hydrogens (tertiary/aromatic N) is 2. The predicted octanol–water partition coefficient (Wildman–Crippen LogP) is 4.73. The number of hydrogen-bond acceptors (Lipinski definition) is 3. The second kappa shape index (κ2) is 7.60. The smallest absolute Gasteiger partial charge is 0.255 e. The highest BCUT2D eigenvalue weighted by Gasteiger charge is 2.26. The zero-order chi connectivity index (χ0) is 17.1. The maximum absolute atomic E-state index is 12.6. The van der Waals surface area contributed by atoms with Crippen molar-refractivity contribution < 1.29 is 9.53 Å². The molecule has 1 aromatic heterocycles. The molecule has 24 heavy (non-hydrogen) atoms. The summed E-state index contributed by atoms with van der Waals surface area (Å²) in [6, 6.07) is 6.65. The number of carbonyl (C=O) groups is 1. The largest absolute Gasteiger partial charge is 0.489 e. The maximum atomic E-state index is 12.6. The molecule has 2 aromatic rings. The highest BCUT2D eigenvalue weighted by atomic mass is 35.5. The van der Waals surface area contributed by atoms with Crippen LogP contribution < -0.4 is 4.74 Å². The lowest BCUT2D eigenvalue weighted by Gasteiger charge is -2.32. The van der Waals surface area contributed by atoms with Crippen LogP contribution in [0.1, 0.15) is 23.2 Å². The van der Waals surface area contributed by atoms with Crippen LogP contribution in [0.5, 0.6) is 5.75 Å². The van der Waals surface area contributed by atoms with Crippen molar-refractivity contribution in [2.45, 2.75) is 18.9 Å². The van der Waals surface area contributed by atoms with Gasteiger partial charge in [-0.25, -0.2) is 0 Å². The quantitative estimate of drug-likeness (QED) is 0.767. The lowest BCUT2D eigenvalue weighted by atomic mass is 10.1. The fourth-order valence-corrected chi connectivity index (χ4v) is 3.18. The molecule has 3 rings (SSSR count). The molecule has 1 aromatic carbocycles. The van der Waals surface area contributed by atoms with E-state index in [1.807, 2.05) is 0 Å². The number of amides is 1. The molecule has 1 aliphatic rings. The summed E-state index contributed by atoms with van der Waals surface area (Å²) < 4.78 is 5.91. The normalized spacial score (nSPS) is 15.4. The van der Waals surface area contributed by atoms with Crippen molar-refractivity contribution in [3.63, 3.8) is 0 Å². The van der Waals surface area contributed by atoms with E-state index in [0.29, 0.717) is 39.5 Å². The van der Waals surface area contributed by atoms with Gasteiger partial charge in [0.2, 0.25) is 0 Å². The first-order valence-corrected chi connectivity index (χ1v) is 8.68. The van der Waals surface area contributed by atoms with Crippen molar-refractivity contribution in [1.82, 2.24) is 9.88 Å². The SMILES string of the molecule is O=C(c1cc(Cl)ccc1Cl)N1CCC(Oc2ccncc2Cl)CC1. The molecule has 0 radical (unpaired) electrons. The van der Waals surface area contributed by atoms with Crippen molar-refractivity contribution in [2.75, 3.05) is 13.1 Å². The Morgan fingerprint density at radius 1 is 1.12 bits per heavy atom. The van der Waals surface area contributed by atoms with E-state index in [2.05, 4.69) is 4.98 Å². The van der Waals surface area contributed by atoms with Gasteiger partial charge >= 0.3 is 0 Å². The molecule has 0 spiro atoms. The molecule has 7 heteroatoms. The lowest BCUT2D eigenvalue weighted by molar-refractivity contribution is 0.0595. The summed E-state index contributed by atoms with van der Waals surface area (Å²) in [6.45, 7) is 1.18. The van der Waals surface area contributed by atoms with E-state index in [0.717, 1.165) is 12.8 Å². The Morgan fingerprint density at radius 2 is 1.88 bits per heavy atom. The number of likely N-dealkylation sites (tertiary alicyclic amines) is 1. The molecule has 0 atom stereocenters. The van der Waals surface area contributed by atoms with Gasteiger partial charge < -0.3 is 9.64 Å². The van der Waals surface area contributed by atoms with Gasteiger partial charge in [0.1, 0.15) is 16.9 Å². The number of pyridine rings is 1. The number of piperidine rings is 1. The minimum Gasteiger partial charge on any atom is -0.489 e. The van der Waals surface area contributed by atoms with Crippen molar-refractivity contribution in [1.29, 1.82) is 0 Å². The van der Waals surface area contributed by atoms with Crippen LogP contribution in [0.15, 0.2) is 36.7 Å². The zero-order valence-corrected chi connectivity index (χ0v) is 15.0. The van der Waals surface area contributed by atoms with Crippen LogP contribution in [-0.4, -0.2) is 35.0 Å². The molecule has 0 saturated carbocycles. The van der Waals surface area contributed by atoms with Gasteiger partial charge in [0.25, 0.3) is 5.91 Å². The highest BCUT2D eigenvalue weighted by Crippen LogP contribution is 2.27. The van der Waals surface area contributed by atoms with Crippen molar-refractivity contribution in [2.24, 2.45) is 0 Å². The average Bonchev–Trinajstić information content (AvgIpc) is 2.59. The van der Waals surface area contributed by atoms with E-state index >= 15 is 0 Å². The van der Waals surface area contributed by atoms with Gasteiger partial charge in [-0.1, -0.05) is 34.8 Å². The first-order valence-electron chi connectivity index (χ1n) is 7.55. The third kappa shape index (κ3) is 3.94. The summed E-state index contributed by atoms with van der Waals surface area (Å²) in [4.78, 5) is 18.3. The molecule has 1 amide bonds. The molecule has 0 aliphatic carbocycles. The molecule has 1 saturated heterocycles. The van der Waals surface area contributed by atoms with E-state index < -0.39 is 0 Å². The molecule has 0 bridgehead atoms.